The molecule has 1 saturated heterocycles. The van der Waals surface area contributed by atoms with Crippen LogP contribution in [0.4, 0.5) is 0 Å². The van der Waals surface area contributed by atoms with Crippen LogP contribution in [0.1, 0.15) is 25.5 Å². The molecule has 0 radical (unpaired) electrons. The molecule has 2 atom stereocenters. The SMILES string of the molecule is CCOC1(C)CNC1c1ccc(Br)cc1. The van der Waals surface area contributed by atoms with Gasteiger partial charge in [-0.3, -0.25) is 0 Å². The first-order valence-corrected chi connectivity index (χ1v) is 6.08. The van der Waals surface area contributed by atoms with Gasteiger partial charge in [0.15, 0.2) is 0 Å². The van der Waals surface area contributed by atoms with Crippen molar-refractivity contribution in [3.05, 3.63) is 34.3 Å². The zero-order valence-corrected chi connectivity index (χ0v) is 10.7. The highest BCUT2D eigenvalue weighted by molar-refractivity contribution is 9.10. The molecule has 1 aliphatic heterocycles. The molecule has 0 saturated carbocycles. The van der Waals surface area contributed by atoms with Gasteiger partial charge in [-0.15, -0.1) is 0 Å². The second kappa shape index (κ2) is 4.24. The van der Waals surface area contributed by atoms with Gasteiger partial charge in [0, 0.05) is 17.6 Å². The molecular weight excluding hydrogens is 254 g/mol. The Morgan fingerprint density at radius 3 is 2.60 bits per heavy atom. The average Bonchev–Trinajstić information content (AvgIpc) is 2.20. The predicted octanol–water partition coefficient (Wildman–Crippen LogP) is 2.89. The van der Waals surface area contributed by atoms with Crippen molar-refractivity contribution in [3.63, 3.8) is 0 Å². The summed E-state index contributed by atoms with van der Waals surface area (Å²) in [6.07, 6.45) is 0. The Labute approximate surface area is 99.1 Å². The first kappa shape index (κ1) is 11.1. The Morgan fingerprint density at radius 1 is 1.47 bits per heavy atom. The maximum Gasteiger partial charge on any atom is 0.0971 e. The Bertz CT molecular complexity index is 338. The maximum absolute atomic E-state index is 5.79. The van der Waals surface area contributed by atoms with Crippen LogP contribution >= 0.6 is 15.9 Å². The van der Waals surface area contributed by atoms with Gasteiger partial charge >= 0.3 is 0 Å². The summed E-state index contributed by atoms with van der Waals surface area (Å²) in [5, 5.41) is 3.42. The van der Waals surface area contributed by atoms with E-state index in [1.54, 1.807) is 0 Å². The van der Waals surface area contributed by atoms with Crippen molar-refractivity contribution in [2.75, 3.05) is 13.2 Å². The van der Waals surface area contributed by atoms with E-state index >= 15 is 0 Å². The summed E-state index contributed by atoms with van der Waals surface area (Å²) >= 11 is 3.44. The Hall–Kier alpha value is -0.380. The number of ether oxygens (including phenoxy) is 1. The highest BCUT2D eigenvalue weighted by atomic mass is 79.9. The molecular formula is C12H16BrNO. The quantitative estimate of drug-likeness (QED) is 0.911. The molecule has 2 nitrogen and oxygen atoms in total. The third-order valence-corrected chi connectivity index (χ3v) is 3.47. The van der Waals surface area contributed by atoms with Crippen molar-refractivity contribution >= 4 is 15.9 Å². The van der Waals surface area contributed by atoms with Crippen LogP contribution in [0.3, 0.4) is 0 Å². The molecule has 2 rings (SSSR count). The van der Waals surface area contributed by atoms with Crippen LogP contribution in [-0.4, -0.2) is 18.8 Å². The zero-order valence-electron chi connectivity index (χ0n) is 9.09. The fourth-order valence-corrected chi connectivity index (χ4v) is 2.35. The highest BCUT2D eigenvalue weighted by Crippen LogP contribution is 2.36. The van der Waals surface area contributed by atoms with Crippen LogP contribution in [0.15, 0.2) is 28.7 Å². The van der Waals surface area contributed by atoms with Gasteiger partial charge in [-0.25, -0.2) is 0 Å². The molecule has 3 heteroatoms. The van der Waals surface area contributed by atoms with E-state index in [-0.39, 0.29) is 5.60 Å². The second-order valence-electron chi connectivity index (χ2n) is 4.11. The summed E-state index contributed by atoms with van der Waals surface area (Å²) in [4.78, 5) is 0. The van der Waals surface area contributed by atoms with Crippen LogP contribution < -0.4 is 5.32 Å². The molecule has 0 aromatic heterocycles. The van der Waals surface area contributed by atoms with Gasteiger partial charge < -0.3 is 10.1 Å². The number of benzene rings is 1. The Balaban J connectivity index is 2.15. The molecule has 1 heterocycles. The van der Waals surface area contributed by atoms with Crippen LogP contribution in [0, 0.1) is 0 Å². The predicted molar refractivity (Wildman–Crippen MR) is 64.9 cm³/mol. The normalized spacial score (nSPS) is 29.9. The lowest BCUT2D eigenvalue weighted by molar-refractivity contribution is -0.100. The molecule has 1 N–H and O–H groups in total. The summed E-state index contributed by atoms with van der Waals surface area (Å²) in [5.74, 6) is 0. The molecule has 1 aromatic carbocycles. The van der Waals surface area contributed by atoms with Gasteiger partial charge in [-0.2, -0.15) is 0 Å². The van der Waals surface area contributed by atoms with Crippen molar-refractivity contribution in [2.45, 2.75) is 25.5 Å². The fraction of sp³-hybridized carbons (Fsp3) is 0.500. The third kappa shape index (κ3) is 2.10. The lowest BCUT2D eigenvalue weighted by Crippen LogP contribution is -2.61. The third-order valence-electron chi connectivity index (χ3n) is 2.95. The summed E-state index contributed by atoms with van der Waals surface area (Å²) in [7, 11) is 0. The minimum Gasteiger partial charge on any atom is -0.372 e. The first-order chi connectivity index (χ1) is 7.15. The van der Waals surface area contributed by atoms with E-state index in [0.29, 0.717) is 6.04 Å². The van der Waals surface area contributed by atoms with Crippen molar-refractivity contribution in [2.24, 2.45) is 0 Å². The summed E-state index contributed by atoms with van der Waals surface area (Å²) in [6.45, 7) is 5.91. The number of halogens is 1. The monoisotopic (exact) mass is 269 g/mol. The standard InChI is InChI=1S/C12H16BrNO/c1-3-15-12(2)8-14-11(12)9-4-6-10(13)7-5-9/h4-7,11,14H,3,8H2,1-2H3. The molecule has 0 bridgehead atoms. The van der Waals surface area contributed by atoms with Gasteiger partial charge in [-0.05, 0) is 31.5 Å². The van der Waals surface area contributed by atoms with Crippen LogP contribution in [0.2, 0.25) is 0 Å². The molecule has 0 spiro atoms. The maximum atomic E-state index is 5.79. The summed E-state index contributed by atoms with van der Waals surface area (Å²) in [6, 6.07) is 8.74. The van der Waals surface area contributed by atoms with E-state index in [0.717, 1.165) is 17.6 Å². The van der Waals surface area contributed by atoms with Gasteiger partial charge in [0.05, 0.1) is 11.6 Å². The van der Waals surface area contributed by atoms with Crippen molar-refractivity contribution in [3.8, 4) is 0 Å². The topological polar surface area (TPSA) is 21.3 Å². The fourth-order valence-electron chi connectivity index (χ4n) is 2.08. The molecule has 0 aliphatic carbocycles. The van der Waals surface area contributed by atoms with Gasteiger partial charge in [0.25, 0.3) is 0 Å². The molecule has 82 valence electrons. The molecule has 1 aliphatic rings. The van der Waals surface area contributed by atoms with E-state index < -0.39 is 0 Å². The van der Waals surface area contributed by atoms with Gasteiger partial charge in [0.1, 0.15) is 0 Å². The summed E-state index contributed by atoms with van der Waals surface area (Å²) in [5.41, 5.74) is 1.25. The van der Waals surface area contributed by atoms with E-state index in [4.69, 9.17) is 4.74 Å². The second-order valence-corrected chi connectivity index (χ2v) is 5.03. The Morgan fingerprint density at radius 2 is 2.13 bits per heavy atom. The largest absolute Gasteiger partial charge is 0.372 e. The number of rotatable bonds is 3. The number of nitrogens with one attached hydrogen (secondary N) is 1. The highest BCUT2D eigenvalue weighted by Gasteiger charge is 2.44. The van der Waals surface area contributed by atoms with E-state index in [1.165, 1.54) is 5.56 Å². The zero-order chi connectivity index (χ0) is 10.9. The van der Waals surface area contributed by atoms with E-state index in [1.807, 2.05) is 6.92 Å². The average molecular weight is 270 g/mol. The molecule has 15 heavy (non-hydrogen) atoms. The minimum absolute atomic E-state index is 0.0391. The number of hydrogen-bond acceptors (Lipinski definition) is 2. The lowest BCUT2D eigenvalue weighted by Gasteiger charge is -2.47. The minimum atomic E-state index is -0.0391. The van der Waals surface area contributed by atoms with Gasteiger partial charge in [0.2, 0.25) is 0 Å². The smallest absolute Gasteiger partial charge is 0.0971 e. The molecule has 2 unspecified atom stereocenters. The van der Waals surface area contributed by atoms with Crippen LogP contribution in [0.25, 0.3) is 0 Å². The van der Waals surface area contributed by atoms with E-state index in [9.17, 15) is 0 Å². The van der Waals surface area contributed by atoms with Crippen LogP contribution in [0.5, 0.6) is 0 Å². The Kier molecular flexibility index (Phi) is 3.14. The van der Waals surface area contributed by atoms with E-state index in [2.05, 4.69) is 52.4 Å². The molecule has 1 aromatic rings. The van der Waals surface area contributed by atoms with Crippen molar-refractivity contribution < 1.29 is 4.74 Å². The van der Waals surface area contributed by atoms with Crippen molar-refractivity contribution in [1.29, 1.82) is 0 Å². The summed E-state index contributed by atoms with van der Waals surface area (Å²) < 4.78 is 6.90. The molecule has 1 fully saturated rings. The lowest BCUT2D eigenvalue weighted by atomic mass is 9.83. The van der Waals surface area contributed by atoms with Crippen molar-refractivity contribution in [1.82, 2.24) is 5.32 Å². The van der Waals surface area contributed by atoms with Gasteiger partial charge in [-0.1, -0.05) is 28.1 Å². The number of hydrogen-bond donors (Lipinski definition) is 1. The van der Waals surface area contributed by atoms with Crippen LogP contribution in [-0.2, 0) is 4.74 Å². The molecule has 0 amide bonds. The first-order valence-electron chi connectivity index (χ1n) is 5.28.